The molecular weight excluding hydrogens is 174 g/mol. The monoisotopic (exact) mass is 185 g/mol. The molecule has 0 bridgehead atoms. The van der Waals surface area contributed by atoms with Crippen LogP contribution in [0.2, 0.25) is 0 Å². The number of hydrogen-bond acceptors (Lipinski definition) is 4. The average molecular weight is 185 g/mol. The second-order valence-electron chi connectivity index (χ2n) is 2.83. The topological polar surface area (TPSA) is 34.6 Å². The number of ether oxygens (including phenoxy) is 2. The third-order valence-electron chi connectivity index (χ3n) is 1.71. The van der Waals surface area contributed by atoms with Crippen molar-refractivity contribution in [3.63, 3.8) is 0 Å². The predicted octanol–water partition coefficient (Wildman–Crippen LogP) is 1.23. The Hall–Kier alpha value is -0.450. The van der Waals surface area contributed by atoms with Crippen molar-refractivity contribution in [1.82, 2.24) is 4.98 Å². The second kappa shape index (κ2) is 3.51. The normalized spacial score (nSPS) is 21.2. The summed E-state index contributed by atoms with van der Waals surface area (Å²) >= 11 is 1.65. The number of nitrogens with zero attached hydrogens (tertiary/aromatic N) is 1. The quantitative estimate of drug-likeness (QED) is 0.662. The fraction of sp³-hybridized carbons (Fsp3) is 0.625. The van der Waals surface area contributed by atoms with Gasteiger partial charge in [-0.15, -0.1) is 11.3 Å². The number of rotatable bonds is 4. The van der Waals surface area contributed by atoms with Gasteiger partial charge < -0.3 is 9.47 Å². The maximum atomic E-state index is 5.12. The summed E-state index contributed by atoms with van der Waals surface area (Å²) < 4.78 is 10.1. The lowest BCUT2D eigenvalue weighted by Gasteiger charge is -1.90. The van der Waals surface area contributed by atoms with Gasteiger partial charge in [0.05, 0.1) is 25.0 Å². The zero-order valence-electron chi connectivity index (χ0n) is 6.95. The van der Waals surface area contributed by atoms with E-state index in [1.54, 1.807) is 18.4 Å². The van der Waals surface area contributed by atoms with E-state index in [-0.39, 0.29) is 0 Å². The Kier molecular flexibility index (Phi) is 2.39. The first kappa shape index (κ1) is 8.16. The number of aromatic nitrogens is 1. The molecule has 0 saturated carbocycles. The van der Waals surface area contributed by atoms with Crippen molar-refractivity contribution in [2.24, 2.45) is 0 Å². The Morgan fingerprint density at radius 1 is 1.83 bits per heavy atom. The van der Waals surface area contributed by atoms with Crippen LogP contribution in [0.15, 0.2) is 5.38 Å². The number of hydrogen-bond donors (Lipinski definition) is 0. The summed E-state index contributed by atoms with van der Waals surface area (Å²) in [5, 5.41) is 3.13. The van der Waals surface area contributed by atoms with Gasteiger partial charge in [-0.2, -0.15) is 0 Å². The van der Waals surface area contributed by atoms with E-state index in [2.05, 4.69) is 10.4 Å². The fourth-order valence-electron chi connectivity index (χ4n) is 1.05. The van der Waals surface area contributed by atoms with Gasteiger partial charge in [0.2, 0.25) is 0 Å². The largest absolute Gasteiger partial charge is 0.378 e. The van der Waals surface area contributed by atoms with E-state index in [4.69, 9.17) is 9.47 Å². The zero-order valence-corrected chi connectivity index (χ0v) is 7.76. The van der Waals surface area contributed by atoms with Crippen molar-refractivity contribution in [3.8, 4) is 0 Å². The average Bonchev–Trinajstić information content (AvgIpc) is 2.74. The molecule has 1 saturated heterocycles. The molecule has 1 aliphatic rings. The molecule has 0 spiro atoms. The Morgan fingerprint density at radius 3 is 3.33 bits per heavy atom. The summed E-state index contributed by atoms with van der Waals surface area (Å²) in [6.45, 7) is 1.52. The molecule has 0 N–H and O–H groups in total. The molecule has 1 aliphatic heterocycles. The molecule has 2 rings (SSSR count). The first-order valence-corrected chi connectivity index (χ1v) is 4.80. The number of thiazole rings is 1. The third-order valence-corrected chi connectivity index (χ3v) is 2.58. The Balaban J connectivity index is 1.92. The molecule has 4 heteroatoms. The summed E-state index contributed by atoms with van der Waals surface area (Å²) in [4.78, 5) is 4.39. The van der Waals surface area contributed by atoms with Crippen molar-refractivity contribution < 1.29 is 9.47 Å². The lowest BCUT2D eigenvalue weighted by molar-refractivity contribution is 0.184. The smallest absolute Gasteiger partial charge is 0.119 e. The molecule has 1 aromatic heterocycles. The van der Waals surface area contributed by atoms with E-state index in [0.717, 1.165) is 23.7 Å². The van der Waals surface area contributed by atoms with Crippen LogP contribution in [0.1, 0.15) is 10.7 Å². The van der Waals surface area contributed by atoms with Crippen molar-refractivity contribution in [2.45, 2.75) is 19.1 Å². The summed E-state index contributed by atoms with van der Waals surface area (Å²) in [7, 11) is 1.69. The molecule has 1 aromatic rings. The summed E-state index contributed by atoms with van der Waals surface area (Å²) in [6, 6.07) is 0. The predicted molar refractivity (Wildman–Crippen MR) is 46.3 cm³/mol. The van der Waals surface area contributed by atoms with Crippen LogP contribution in [0, 0.1) is 0 Å². The summed E-state index contributed by atoms with van der Waals surface area (Å²) in [5.74, 6) is 0. The minimum absolute atomic E-state index is 0.433. The summed E-state index contributed by atoms with van der Waals surface area (Å²) in [6.07, 6.45) is 1.39. The SMILES string of the molecule is COCc1nc(CC2CO2)cs1. The van der Waals surface area contributed by atoms with Crippen molar-refractivity contribution in [2.75, 3.05) is 13.7 Å². The molecule has 3 nitrogen and oxygen atoms in total. The number of epoxide rings is 1. The standard InChI is InChI=1S/C8H11NO2S/c1-10-4-8-9-6(5-12-8)2-7-3-11-7/h5,7H,2-4H2,1H3. The molecule has 1 unspecified atom stereocenters. The van der Waals surface area contributed by atoms with E-state index < -0.39 is 0 Å². The molecule has 0 aliphatic carbocycles. The minimum atomic E-state index is 0.433. The van der Waals surface area contributed by atoms with Gasteiger partial charge in [-0.25, -0.2) is 4.98 Å². The Bertz CT molecular complexity index is 257. The van der Waals surface area contributed by atoms with Crippen LogP contribution in [0.3, 0.4) is 0 Å². The van der Waals surface area contributed by atoms with Crippen LogP contribution in [-0.4, -0.2) is 24.8 Å². The van der Waals surface area contributed by atoms with Crippen LogP contribution in [0.5, 0.6) is 0 Å². The third kappa shape index (κ3) is 2.03. The van der Waals surface area contributed by atoms with Crippen LogP contribution in [0.4, 0.5) is 0 Å². The highest BCUT2D eigenvalue weighted by molar-refractivity contribution is 7.09. The van der Waals surface area contributed by atoms with Crippen molar-refractivity contribution >= 4 is 11.3 Å². The van der Waals surface area contributed by atoms with Crippen LogP contribution < -0.4 is 0 Å². The van der Waals surface area contributed by atoms with Gasteiger partial charge in [0, 0.05) is 18.9 Å². The first-order valence-electron chi connectivity index (χ1n) is 3.92. The van der Waals surface area contributed by atoms with Gasteiger partial charge in [0.1, 0.15) is 5.01 Å². The minimum Gasteiger partial charge on any atom is -0.378 e. The molecule has 12 heavy (non-hydrogen) atoms. The summed E-state index contributed by atoms with van der Waals surface area (Å²) in [5.41, 5.74) is 1.13. The highest BCUT2D eigenvalue weighted by Crippen LogP contribution is 2.18. The first-order chi connectivity index (χ1) is 5.88. The van der Waals surface area contributed by atoms with Crippen molar-refractivity contribution in [1.29, 1.82) is 0 Å². The van der Waals surface area contributed by atoms with E-state index in [0.29, 0.717) is 12.7 Å². The van der Waals surface area contributed by atoms with E-state index in [1.165, 1.54) is 0 Å². The van der Waals surface area contributed by atoms with Crippen LogP contribution in [-0.2, 0) is 22.5 Å². The van der Waals surface area contributed by atoms with Crippen LogP contribution in [0.25, 0.3) is 0 Å². The van der Waals surface area contributed by atoms with Gasteiger partial charge in [-0.3, -0.25) is 0 Å². The maximum Gasteiger partial charge on any atom is 0.119 e. The second-order valence-corrected chi connectivity index (χ2v) is 3.77. The Labute approximate surface area is 75.3 Å². The van der Waals surface area contributed by atoms with Gasteiger partial charge >= 0.3 is 0 Å². The molecule has 0 amide bonds. The molecule has 0 radical (unpaired) electrons. The molecule has 1 fully saturated rings. The van der Waals surface area contributed by atoms with E-state index >= 15 is 0 Å². The van der Waals surface area contributed by atoms with E-state index in [9.17, 15) is 0 Å². The van der Waals surface area contributed by atoms with Crippen molar-refractivity contribution in [3.05, 3.63) is 16.1 Å². The molecule has 2 heterocycles. The molecule has 0 aromatic carbocycles. The maximum absolute atomic E-state index is 5.12. The lowest BCUT2D eigenvalue weighted by atomic mass is 10.3. The highest BCUT2D eigenvalue weighted by atomic mass is 32.1. The fourth-order valence-corrected chi connectivity index (χ4v) is 1.83. The molecule has 66 valence electrons. The molecular formula is C8H11NO2S. The highest BCUT2D eigenvalue weighted by Gasteiger charge is 2.23. The number of methoxy groups -OCH3 is 1. The van der Waals surface area contributed by atoms with Gasteiger partial charge in [0.25, 0.3) is 0 Å². The van der Waals surface area contributed by atoms with E-state index in [1.807, 2.05) is 0 Å². The Morgan fingerprint density at radius 2 is 2.67 bits per heavy atom. The van der Waals surface area contributed by atoms with Gasteiger partial charge in [0.15, 0.2) is 0 Å². The molecule has 1 atom stereocenters. The van der Waals surface area contributed by atoms with Gasteiger partial charge in [-0.05, 0) is 0 Å². The zero-order chi connectivity index (χ0) is 8.39. The van der Waals surface area contributed by atoms with Crippen LogP contribution >= 0.6 is 11.3 Å². The lowest BCUT2D eigenvalue weighted by Crippen LogP contribution is -1.94. The van der Waals surface area contributed by atoms with Gasteiger partial charge in [-0.1, -0.05) is 0 Å².